The number of rotatable bonds is 2. The molecule has 1 amide bonds. The predicted octanol–water partition coefficient (Wildman–Crippen LogP) is 1.48. The zero-order chi connectivity index (χ0) is 10.9. The molecule has 0 aromatic carbocycles. The van der Waals surface area contributed by atoms with Crippen molar-refractivity contribution in [3.05, 3.63) is 22.5 Å². The molecule has 0 aliphatic carbocycles. The second-order valence-corrected chi connectivity index (χ2v) is 2.75. The molecule has 0 unspecified atom stereocenters. The molecule has 0 saturated heterocycles. The van der Waals surface area contributed by atoms with Crippen LogP contribution < -0.4 is 5.73 Å². The molecule has 1 heterocycles. The number of carbonyl (C=O) groups is 1. The molecular weight excluding hydrogens is 218 g/mol. The number of hydrogen-bond acceptors (Lipinski definition) is 3. The van der Waals surface area contributed by atoms with Crippen LogP contribution in [0.15, 0.2) is 6.20 Å². The average Bonchev–Trinajstić information content (AvgIpc) is 2.08. The molecule has 0 fully saturated rings. The van der Waals surface area contributed by atoms with Crippen molar-refractivity contribution in [1.82, 2.24) is 4.98 Å². The number of nitrogens with two attached hydrogens (primary N) is 1. The van der Waals surface area contributed by atoms with E-state index in [2.05, 4.69) is 4.98 Å². The van der Waals surface area contributed by atoms with E-state index in [4.69, 9.17) is 22.4 Å². The van der Waals surface area contributed by atoms with Crippen molar-refractivity contribution >= 4 is 17.5 Å². The van der Waals surface area contributed by atoms with Crippen LogP contribution in [0.2, 0.25) is 5.15 Å². The van der Waals surface area contributed by atoms with E-state index in [1.807, 2.05) is 0 Å². The number of alkyl halides is 2. The monoisotopic (exact) mass is 222 g/mol. The van der Waals surface area contributed by atoms with Gasteiger partial charge < -0.3 is 10.8 Å². The second kappa shape index (κ2) is 3.75. The lowest BCUT2D eigenvalue weighted by molar-refractivity contribution is 0.0982. The summed E-state index contributed by atoms with van der Waals surface area (Å²) < 4.78 is 24.6. The van der Waals surface area contributed by atoms with Crippen molar-refractivity contribution in [2.75, 3.05) is 0 Å². The van der Waals surface area contributed by atoms with E-state index in [0.29, 0.717) is 6.20 Å². The summed E-state index contributed by atoms with van der Waals surface area (Å²) in [6, 6.07) is 0. The molecule has 1 aromatic rings. The van der Waals surface area contributed by atoms with Crippen LogP contribution in [0.3, 0.4) is 0 Å². The summed E-state index contributed by atoms with van der Waals surface area (Å²) in [4.78, 5) is 14.0. The summed E-state index contributed by atoms with van der Waals surface area (Å²) in [5.41, 5.74) is 3.37. The largest absolute Gasteiger partial charge is 0.504 e. The van der Waals surface area contributed by atoms with Gasteiger partial charge in [0.2, 0.25) is 0 Å². The minimum absolute atomic E-state index is 0.441. The van der Waals surface area contributed by atoms with Crippen LogP contribution in [-0.2, 0) is 0 Å². The summed E-state index contributed by atoms with van der Waals surface area (Å²) in [5, 5.41) is 8.73. The standard InChI is InChI=1S/C7H5ClF2N2O2/c8-5-4(13)3(7(11)14)2(1-12-5)6(9)10/h1,6,13H,(H2,11,14). The Hall–Kier alpha value is -1.43. The van der Waals surface area contributed by atoms with Gasteiger partial charge in [0.1, 0.15) is 0 Å². The molecule has 0 saturated carbocycles. The van der Waals surface area contributed by atoms with Crippen LogP contribution in [-0.4, -0.2) is 16.0 Å². The fraction of sp³-hybridized carbons (Fsp3) is 0.143. The number of aromatic nitrogens is 1. The maximum atomic E-state index is 12.3. The van der Waals surface area contributed by atoms with E-state index in [1.165, 1.54) is 0 Å². The fourth-order valence-corrected chi connectivity index (χ4v) is 1.06. The Kier molecular flexibility index (Phi) is 2.85. The number of amides is 1. The molecule has 4 nitrogen and oxygen atoms in total. The van der Waals surface area contributed by atoms with Crippen LogP contribution >= 0.6 is 11.6 Å². The highest BCUT2D eigenvalue weighted by Crippen LogP contribution is 2.32. The Bertz CT molecular complexity index is 384. The van der Waals surface area contributed by atoms with E-state index in [0.717, 1.165) is 0 Å². The van der Waals surface area contributed by atoms with Gasteiger partial charge in [0, 0.05) is 6.20 Å². The number of aromatic hydroxyl groups is 1. The van der Waals surface area contributed by atoms with Gasteiger partial charge in [-0.2, -0.15) is 0 Å². The van der Waals surface area contributed by atoms with E-state index in [-0.39, 0.29) is 0 Å². The Labute approximate surface area is 82.3 Å². The molecule has 0 bridgehead atoms. The van der Waals surface area contributed by atoms with Crippen molar-refractivity contribution < 1.29 is 18.7 Å². The molecule has 1 aromatic heterocycles. The van der Waals surface area contributed by atoms with Crippen molar-refractivity contribution in [1.29, 1.82) is 0 Å². The topological polar surface area (TPSA) is 76.2 Å². The van der Waals surface area contributed by atoms with Gasteiger partial charge >= 0.3 is 0 Å². The molecule has 14 heavy (non-hydrogen) atoms. The van der Waals surface area contributed by atoms with Crippen LogP contribution in [0.5, 0.6) is 5.75 Å². The van der Waals surface area contributed by atoms with E-state index in [1.54, 1.807) is 0 Å². The quantitative estimate of drug-likeness (QED) is 0.744. The first-order chi connectivity index (χ1) is 6.45. The maximum absolute atomic E-state index is 12.3. The van der Waals surface area contributed by atoms with Crippen molar-refractivity contribution in [2.45, 2.75) is 6.43 Å². The van der Waals surface area contributed by atoms with Gasteiger partial charge in [0.25, 0.3) is 12.3 Å². The highest BCUT2D eigenvalue weighted by molar-refractivity contribution is 6.31. The zero-order valence-corrected chi connectivity index (χ0v) is 7.42. The zero-order valence-electron chi connectivity index (χ0n) is 6.67. The van der Waals surface area contributed by atoms with Gasteiger partial charge in [0.05, 0.1) is 11.1 Å². The summed E-state index contributed by atoms with van der Waals surface area (Å²) in [6.45, 7) is 0. The fourth-order valence-electron chi connectivity index (χ4n) is 0.916. The highest BCUT2D eigenvalue weighted by atomic mass is 35.5. The van der Waals surface area contributed by atoms with E-state index in [9.17, 15) is 13.6 Å². The molecule has 0 aliphatic rings. The van der Waals surface area contributed by atoms with E-state index < -0.39 is 34.4 Å². The molecule has 0 atom stereocenters. The van der Waals surface area contributed by atoms with E-state index >= 15 is 0 Å². The number of hydrogen-bond donors (Lipinski definition) is 2. The van der Waals surface area contributed by atoms with Crippen LogP contribution in [0.25, 0.3) is 0 Å². The predicted molar refractivity (Wildman–Crippen MR) is 44.4 cm³/mol. The number of pyridine rings is 1. The SMILES string of the molecule is NC(=O)c1c(C(F)F)cnc(Cl)c1O. The third-order valence-electron chi connectivity index (χ3n) is 1.52. The minimum Gasteiger partial charge on any atom is -0.504 e. The third kappa shape index (κ3) is 1.74. The lowest BCUT2D eigenvalue weighted by atomic mass is 10.1. The Morgan fingerprint density at radius 2 is 2.21 bits per heavy atom. The second-order valence-electron chi connectivity index (χ2n) is 2.39. The molecular formula is C7H5ClF2N2O2. The number of primary amides is 1. The molecule has 7 heteroatoms. The Morgan fingerprint density at radius 1 is 1.64 bits per heavy atom. The number of halogens is 3. The van der Waals surface area contributed by atoms with Crippen molar-refractivity contribution in [3.63, 3.8) is 0 Å². The number of carbonyl (C=O) groups excluding carboxylic acids is 1. The maximum Gasteiger partial charge on any atom is 0.266 e. The summed E-state index contributed by atoms with van der Waals surface area (Å²) in [7, 11) is 0. The van der Waals surface area contributed by atoms with Crippen molar-refractivity contribution in [3.8, 4) is 5.75 Å². The average molecular weight is 223 g/mol. The third-order valence-corrected chi connectivity index (χ3v) is 1.80. The van der Waals surface area contributed by atoms with Gasteiger partial charge in [-0.05, 0) is 0 Å². The molecule has 76 valence electrons. The first-order valence-electron chi connectivity index (χ1n) is 3.40. The van der Waals surface area contributed by atoms with Gasteiger partial charge in [-0.1, -0.05) is 11.6 Å². The number of nitrogens with zero attached hydrogens (tertiary/aromatic N) is 1. The highest BCUT2D eigenvalue weighted by Gasteiger charge is 2.22. The molecule has 0 aliphatic heterocycles. The first-order valence-corrected chi connectivity index (χ1v) is 3.78. The van der Waals surface area contributed by atoms with Gasteiger partial charge in [-0.25, -0.2) is 13.8 Å². The van der Waals surface area contributed by atoms with Gasteiger partial charge in [0.15, 0.2) is 10.9 Å². The molecule has 0 spiro atoms. The summed E-state index contributed by atoms with van der Waals surface area (Å²) in [6.07, 6.45) is -2.25. The van der Waals surface area contributed by atoms with Crippen molar-refractivity contribution in [2.24, 2.45) is 5.73 Å². The van der Waals surface area contributed by atoms with Gasteiger partial charge in [-0.3, -0.25) is 4.79 Å². The first kappa shape index (κ1) is 10.6. The van der Waals surface area contributed by atoms with Gasteiger partial charge in [-0.15, -0.1) is 0 Å². The Morgan fingerprint density at radius 3 is 2.64 bits per heavy atom. The molecule has 0 radical (unpaired) electrons. The molecule has 1 rings (SSSR count). The smallest absolute Gasteiger partial charge is 0.266 e. The summed E-state index contributed by atoms with van der Waals surface area (Å²) >= 11 is 5.32. The summed E-state index contributed by atoms with van der Waals surface area (Å²) in [5.74, 6) is -2.00. The normalized spacial score (nSPS) is 10.6. The Balaban J connectivity index is 3.45. The lowest BCUT2D eigenvalue weighted by Crippen LogP contribution is -2.15. The van der Waals surface area contributed by atoms with Crippen LogP contribution in [0.4, 0.5) is 8.78 Å². The molecule has 3 N–H and O–H groups in total. The minimum atomic E-state index is -2.95. The van der Waals surface area contributed by atoms with Crippen LogP contribution in [0.1, 0.15) is 22.3 Å². The van der Waals surface area contributed by atoms with Crippen LogP contribution in [0, 0.1) is 0 Å². The lowest BCUT2D eigenvalue weighted by Gasteiger charge is -2.07.